The van der Waals surface area contributed by atoms with E-state index < -0.39 is 0 Å². The molecule has 1 atom stereocenters. The second-order valence-electron chi connectivity index (χ2n) is 7.18. The fraction of sp³-hybridized carbons (Fsp3) is 0.409. The van der Waals surface area contributed by atoms with Crippen LogP contribution in [0, 0.1) is 5.92 Å². The molecule has 1 amide bonds. The Kier molecular flexibility index (Phi) is 6.22. The van der Waals surface area contributed by atoms with Gasteiger partial charge in [-0.25, -0.2) is 0 Å². The third-order valence-electron chi connectivity index (χ3n) is 4.53. The molecule has 3 rings (SSSR count). The number of furan rings is 1. The standard InChI is InChI=1S/C22H27NO4/c1-15(2)14-23-19(24)8-6-4-5-7-18-10-9-16-13-17-11-12-26-20(17)22(25-3)21(16)27-18/h4-6,8,11-13,15,18H,7,9-10,14H2,1-3H3,(H,23,24). The lowest BCUT2D eigenvalue weighted by atomic mass is 9.98. The molecule has 1 aliphatic heterocycles. The van der Waals surface area contributed by atoms with Crippen LogP contribution >= 0.6 is 0 Å². The number of fused-ring (bicyclic) bond motifs is 2. The molecule has 0 saturated carbocycles. The average molecular weight is 369 g/mol. The first kappa shape index (κ1) is 19.1. The Morgan fingerprint density at radius 2 is 2.26 bits per heavy atom. The molecule has 144 valence electrons. The van der Waals surface area contributed by atoms with Crippen LogP contribution in [-0.4, -0.2) is 25.7 Å². The van der Waals surface area contributed by atoms with Gasteiger partial charge in [-0.05, 0) is 36.5 Å². The quantitative estimate of drug-likeness (QED) is 0.580. The van der Waals surface area contributed by atoms with Crippen LogP contribution in [0.2, 0.25) is 0 Å². The van der Waals surface area contributed by atoms with Gasteiger partial charge in [-0.1, -0.05) is 32.1 Å². The van der Waals surface area contributed by atoms with E-state index in [1.807, 2.05) is 18.2 Å². The fourth-order valence-corrected chi connectivity index (χ4v) is 3.14. The molecule has 5 nitrogen and oxygen atoms in total. The van der Waals surface area contributed by atoms with E-state index in [0.29, 0.717) is 18.2 Å². The van der Waals surface area contributed by atoms with Gasteiger partial charge in [-0.3, -0.25) is 4.79 Å². The maximum absolute atomic E-state index is 11.6. The third kappa shape index (κ3) is 4.73. The average Bonchev–Trinajstić information content (AvgIpc) is 3.12. The maximum atomic E-state index is 11.6. The van der Waals surface area contributed by atoms with Crippen molar-refractivity contribution in [1.29, 1.82) is 0 Å². The van der Waals surface area contributed by atoms with Gasteiger partial charge in [0.05, 0.1) is 13.4 Å². The number of allylic oxidation sites excluding steroid dienone is 2. The molecule has 0 spiro atoms. The summed E-state index contributed by atoms with van der Waals surface area (Å²) >= 11 is 0. The highest BCUT2D eigenvalue weighted by Crippen LogP contribution is 2.43. The highest BCUT2D eigenvalue weighted by molar-refractivity contribution is 5.88. The summed E-state index contributed by atoms with van der Waals surface area (Å²) in [6, 6.07) is 4.05. The van der Waals surface area contributed by atoms with Crippen LogP contribution in [0.25, 0.3) is 11.0 Å². The molecular formula is C22H27NO4. The van der Waals surface area contributed by atoms with Crippen molar-refractivity contribution in [2.24, 2.45) is 5.92 Å². The number of aryl methyl sites for hydroxylation is 1. The number of carbonyl (C=O) groups excluding carboxylic acids is 1. The summed E-state index contributed by atoms with van der Waals surface area (Å²) in [5, 5.41) is 3.89. The highest BCUT2D eigenvalue weighted by Gasteiger charge is 2.25. The molecule has 1 aromatic carbocycles. The number of benzene rings is 1. The van der Waals surface area contributed by atoms with Gasteiger partial charge in [-0.15, -0.1) is 0 Å². The molecule has 5 heteroatoms. The molecule has 1 unspecified atom stereocenters. The Morgan fingerprint density at radius 1 is 1.41 bits per heavy atom. The fourth-order valence-electron chi connectivity index (χ4n) is 3.14. The summed E-state index contributed by atoms with van der Waals surface area (Å²) < 4.78 is 17.3. The van der Waals surface area contributed by atoms with Crippen LogP contribution in [-0.2, 0) is 11.2 Å². The van der Waals surface area contributed by atoms with Crippen molar-refractivity contribution in [3.63, 3.8) is 0 Å². The maximum Gasteiger partial charge on any atom is 0.243 e. The van der Waals surface area contributed by atoms with E-state index >= 15 is 0 Å². The number of methoxy groups -OCH3 is 1. The smallest absolute Gasteiger partial charge is 0.243 e. The van der Waals surface area contributed by atoms with Gasteiger partial charge in [0.2, 0.25) is 11.7 Å². The zero-order valence-corrected chi connectivity index (χ0v) is 16.2. The van der Waals surface area contributed by atoms with Crippen LogP contribution in [0.1, 0.15) is 32.3 Å². The molecule has 1 N–H and O–H groups in total. The summed E-state index contributed by atoms with van der Waals surface area (Å²) in [5.41, 5.74) is 1.88. The molecule has 0 saturated heterocycles. The number of hydrogen-bond donors (Lipinski definition) is 1. The number of rotatable bonds is 7. The Bertz CT molecular complexity index is 847. The Hall–Kier alpha value is -2.69. The van der Waals surface area contributed by atoms with Crippen molar-refractivity contribution in [3.05, 3.63) is 48.3 Å². The zero-order valence-electron chi connectivity index (χ0n) is 16.2. The Labute approximate surface area is 160 Å². The molecule has 0 fully saturated rings. The third-order valence-corrected chi connectivity index (χ3v) is 4.53. The summed E-state index contributed by atoms with van der Waals surface area (Å²) in [6.45, 7) is 4.82. The molecule has 1 aromatic heterocycles. The van der Waals surface area contributed by atoms with Crippen molar-refractivity contribution >= 4 is 16.9 Å². The Balaban J connectivity index is 1.57. The van der Waals surface area contributed by atoms with Crippen molar-refractivity contribution in [3.8, 4) is 11.5 Å². The molecule has 0 aliphatic carbocycles. The van der Waals surface area contributed by atoms with E-state index in [-0.39, 0.29) is 12.0 Å². The molecule has 0 radical (unpaired) electrons. The summed E-state index contributed by atoms with van der Waals surface area (Å²) in [5.74, 6) is 1.84. The monoisotopic (exact) mass is 369 g/mol. The number of amides is 1. The van der Waals surface area contributed by atoms with Gasteiger partial charge in [-0.2, -0.15) is 0 Å². The minimum atomic E-state index is -0.0663. The van der Waals surface area contributed by atoms with Gasteiger partial charge in [0.25, 0.3) is 0 Å². The van der Waals surface area contributed by atoms with E-state index in [1.54, 1.807) is 25.5 Å². The van der Waals surface area contributed by atoms with Crippen molar-refractivity contribution < 1.29 is 18.7 Å². The first-order valence-corrected chi connectivity index (χ1v) is 9.43. The normalized spacial score (nSPS) is 16.8. The zero-order chi connectivity index (χ0) is 19.2. The van der Waals surface area contributed by atoms with Gasteiger partial charge in [0, 0.05) is 24.4 Å². The van der Waals surface area contributed by atoms with Gasteiger partial charge >= 0.3 is 0 Å². The number of nitrogens with one attached hydrogen (secondary N) is 1. The van der Waals surface area contributed by atoms with Crippen LogP contribution in [0.3, 0.4) is 0 Å². The van der Waals surface area contributed by atoms with Crippen LogP contribution in [0.5, 0.6) is 11.5 Å². The molecule has 0 bridgehead atoms. The van der Waals surface area contributed by atoms with E-state index in [4.69, 9.17) is 13.9 Å². The van der Waals surface area contributed by atoms with Crippen molar-refractivity contribution in [2.75, 3.05) is 13.7 Å². The number of ether oxygens (including phenoxy) is 2. The minimum absolute atomic E-state index is 0.0663. The Morgan fingerprint density at radius 3 is 3.04 bits per heavy atom. The van der Waals surface area contributed by atoms with Gasteiger partial charge in [0.1, 0.15) is 6.10 Å². The second-order valence-corrected chi connectivity index (χ2v) is 7.18. The lowest BCUT2D eigenvalue weighted by molar-refractivity contribution is -0.116. The molecule has 1 aliphatic rings. The van der Waals surface area contributed by atoms with E-state index in [2.05, 4.69) is 25.2 Å². The van der Waals surface area contributed by atoms with E-state index in [9.17, 15) is 4.79 Å². The predicted octanol–water partition coefficient (Wildman–Crippen LogP) is 4.41. The van der Waals surface area contributed by atoms with E-state index in [1.165, 1.54) is 0 Å². The molecule has 2 aromatic rings. The topological polar surface area (TPSA) is 60.7 Å². The number of hydrogen-bond acceptors (Lipinski definition) is 4. The number of carbonyl (C=O) groups is 1. The van der Waals surface area contributed by atoms with Crippen LogP contribution in [0.15, 0.2) is 47.1 Å². The minimum Gasteiger partial charge on any atom is -0.490 e. The SMILES string of the molecule is COc1c2c(cc3ccoc13)CCC(CC=CC=CC(=O)NCC(C)C)O2. The largest absolute Gasteiger partial charge is 0.490 e. The first-order chi connectivity index (χ1) is 13.1. The molecule has 27 heavy (non-hydrogen) atoms. The summed E-state index contributed by atoms with van der Waals surface area (Å²) in [6.07, 6.45) is 11.6. The van der Waals surface area contributed by atoms with E-state index in [0.717, 1.165) is 41.5 Å². The van der Waals surface area contributed by atoms with Gasteiger partial charge in [0.15, 0.2) is 11.3 Å². The van der Waals surface area contributed by atoms with Crippen molar-refractivity contribution in [2.45, 2.75) is 39.2 Å². The highest BCUT2D eigenvalue weighted by atomic mass is 16.5. The van der Waals surface area contributed by atoms with Crippen LogP contribution < -0.4 is 14.8 Å². The second kappa shape index (κ2) is 8.80. The van der Waals surface area contributed by atoms with Crippen LogP contribution in [0.4, 0.5) is 0 Å². The lowest BCUT2D eigenvalue weighted by Gasteiger charge is -2.26. The van der Waals surface area contributed by atoms with Crippen molar-refractivity contribution in [1.82, 2.24) is 5.32 Å². The lowest BCUT2D eigenvalue weighted by Crippen LogP contribution is -2.25. The first-order valence-electron chi connectivity index (χ1n) is 9.43. The summed E-state index contributed by atoms with van der Waals surface area (Å²) in [4.78, 5) is 11.6. The summed E-state index contributed by atoms with van der Waals surface area (Å²) in [7, 11) is 1.64. The molecular weight excluding hydrogens is 342 g/mol. The predicted molar refractivity (Wildman–Crippen MR) is 106 cm³/mol. The molecule has 2 heterocycles. The van der Waals surface area contributed by atoms with Gasteiger partial charge < -0.3 is 19.2 Å².